The molecule has 2 amide bonds. The van der Waals surface area contributed by atoms with Crippen LogP contribution in [0, 0.1) is 5.92 Å². The lowest BCUT2D eigenvalue weighted by Crippen LogP contribution is -2.72. The van der Waals surface area contributed by atoms with E-state index in [-0.39, 0.29) is 22.6 Å². The fourth-order valence-corrected chi connectivity index (χ4v) is 3.46. The molecule has 1 heterocycles. The second-order valence-electron chi connectivity index (χ2n) is 6.66. The fourth-order valence-electron chi connectivity index (χ4n) is 3.46. The summed E-state index contributed by atoms with van der Waals surface area (Å²) in [6.45, 7) is 0. The fraction of sp³-hybridized carbons (Fsp3) is 0.300. The summed E-state index contributed by atoms with van der Waals surface area (Å²) in [5.74, 6) is -2.80. The van der Waals surface area contributed by atoms with Crippen LogP contribution in [-0.4, -0.2) is 43.0 Å². The van der Waals surface area contributed by atoms with Crippen LogP contribution in [0.15, 0.2) is 48.5 Å². The first-order chi connectivity index (χ1) is 14.1. The molecule has 10 heteroatoms. The molecule has 160 valence electrons. The van der Waals surface area contributed by atoms with Gasteiger partial charge in [-0.2, -0.15) is 13.2 Å². The van der Waals surface area contributed by atoms with Crippen LogP contribution >= 0.6 is 0 Å². The minimum Gasteiger partial charge on any atom is -0.497 e. The Morgan fingerprint density at radius 2 is 1.77 bits per heavy atom. The van der Waals surface area contributed by atoms with Gasteiger partial charge in [0.2, 0.25) is 5.72 Å². The number of methoxy groups -OCH3 is 2. The highest BCUT2D eigenvalue weighted by Crippen LogP contribution is 2.46. The zero-order valence-corrected chi connectivity index (χ0v) is 16.0. The lowest BCUT2D eigenvalue weighted by atomic mass is 9.77. The van der Waals surface area contributed by atoms with Crippen molar-refractivity contribution < 1.29 is 37.3 Å². The van der Waals surface area contributed by atoms with Gasteiger partial charge in [0.05, 0.1) is 20.3 Å². The molecule has 1 aliphatic heterocycles. The second-order valence-corrected chi connectivity index (χ2v) is 6.66. The van der Waals surface area contributed by atoms with Crippen molar-refractivity contribution in [1.82, 2.24) is 10.6 Å². The van der Waals surface area contributed by atoms with Gasteiger partial charge in [-0.05, 0) is 18.2 Å². The number of hydrogen-bond donors (Lipinski definition) is 3. The minimum absolute atomic E-state index is 0.0451. The van der Waals surface area contributed by atoms with E-state index >= 15 is 0 Å². The molecule has 0 unspecified atom stereocenters. The number of benzene rings is 2. The quantitative estimate of drug-likeness (QED) is 0.642. The first-order valence-electron chi connectivity index (χ1n) is 8.81. The van der Waals surface area contributed by atoms with E-state index in [2.05, 4.69) is 5.32 Å². The van der Waals surface area contributed by atoms with Gasteiger partial charge in [0.25, 0.3) is 0 Å². The van der Waals surface area contributed by atoms with Gasteiger partial charge in [-0.3, -0.25) is 4.79 Å². The molecule has 30 heavy (non-hydrogen) atoms. The number of hydrogen-bond acceptors (Lipinski definition) is 5. The van der Waals surface area contributed by atoms with Crippen molar-refractivity contribution in [2.75, 3.05) is 14.2 Å². The number of ketones is 1. The van der Waals surface area contributed by atoms with Crippen molar-refractivity contribution in [2.45, 2.75) is 17.9 Å². The summed E-state index contributed by atoms with van der Waals surface area (Å²) in [5, 5.41) is 14.4. The molecule has 7 nitrogen and oxygen atoms in total. The molecule has 0 saturated carbocycles. The number of rotatable bonds is 5. The van der Waals surface area contributed by atoms with Crippen molar-refractivity contribution in [2.24, 2.45) is 5.92 Å². The van der Waals surface area contributed by atoms with E-state index < -0.39 is 35.7 Å². The van der Waals surface area contributed by atoms with E-state index in [4.69, 9.17) is 9.47 Å². The van der Waals surface area contributed by atoms with Crippen molar-refractivity contribution in [3.05, 3.63) is 59.7 Å². The number of Topliss-reactive ketones (excluding diaryl/α,β-unsaturated/α-hetero) is 1. The van der Waals surface area contributed by atoms with Crippen LogP contribution in [0.5, 0.6) is 11.5 Å². The molecule has 3 rings (SSSR count). The topological polar surface area (TPSA) is 96.9 Å². The first kappa shape index (κ1) is 21.4. The van der Waals surface area contributed by atoms with Gasteiger partial charge in [0.15, 0.2) is 5.78 Å². The van der Waals surface area contributed by atoms with Gasteiger partial charge in [-0.1, -0.05) is 30.3 Å². The SMILES string of the molecule is COc1ccc(OC)c([C@@H]2NC(=O)N[C@@](O)(C(F)(F)F)[C@H]2C(=O)c2ccccc2)c1. The normalized spacial score (nSPS) is 23.9. The molecule has 3 atom stereocenters. The van der Waals surface area contributed by atoms with Gasteiger partial charge in [-0.15, -0.1) is 0 Å². The number of halogens is 3. The zero-order chi connectivity index (χ0) is 22.1. The van der Waals surface area contributed by atoms with Crippen molar-refractivity contribution in [3.63, 3.8) is 0 Å². The molecular weight excluding hydrogens is 405 g/mol. The van der Waals surface area contributed by atoms with Gasteiger partial charge >= 0.3 is 12.2 Å². The molecule has 0 aromatic heterocycles. The van der Waals surface area contributed by atoms with E-state index in [0.717, 1.165) is 0 Å². The molecule has 1 aliphatic rings. The van der Waals surface area contributed by atoms with E-state index in [1.165, 1.54) is 62.0 Å². The number of aliphatic hydroxyl groups is 1. The predicted molar refractivity (Wildman–Crippen MR) is 99.2 cm³/mol. The lowest BCUT2D eigenvalue weighted by Gasteiger charge is -2.45. The van der Waals surface area contributed by atoms with Gasteiger partial charge in [0.1, 0.15) is 17.4 Å². The third-order valence-corrected chi connectivity index (χ3v) is 4.92. The van der Waals surface area contributed by atoms with Crippen LogP contribution in [0.2, 0.25) is 0 Å². The van der Waals surface area contributed by atoms with E-state index in [1.54, 1.807) is 6.07 Å². The molecule has 1 fully saturated rings. The van der Waals surface area contributed by atoms with E-state index in [9.17, 15) is 27.9 Å². The Labute approximate surface area is 169 Å². The maximum Gasteiger partial charge on any atom is 0.437 e. The molecule has 0 aliphatic carbocycles. The summed E-state index contributed by atoms with van der Waals surface area (Å²) in [4.78, 5) is 25.3. The monoisotopic (exact) mass is 424 g/mol. The Bertz CT molecular complexity index is 951. The Morgan fingerprint density at radius 1 is 1.10 bits per heavy atom. The summed E-state index contributed by atoms with van der Waals surface area (Å²) in [7, 11) is 2.64. The highest BCUT2D eigenvalue weighted by molar-refractivity contribution is 6.00. The second kappa shape index (κ2) is 7.86. The minimum atomic E-state index is -5.34. The van der Waals surface area contributed by atoms with Crippen LogP contribution in [0.3, 0.4) is 0 Å². The molecule has 2 aromatic carbocycles. The molecule has 2 aromatic rings. The van der Waals surface area contributed by atoms with Crippen LogP contribution in [-0.2, 0) is 0 Å². The summed E-state index contributed by atoms with van der Waals surface area (Å²) >= 11 is 0. The lowest BCUT2D eigenvalue weighted by molar-refractivity contribution is -0.287. The zero-order valence-electron chi connectivity index (χ0n) is 16.0. The van der Waals surface area contributed by atoms with Crippen molar-refractivity contribution >= 4 is 11.8 Å². The largest absolute Gasteiger partial charge is 0.497 e. The van der Waals surface area contributed by atoms with Gasteiger partial charge in [0, 0.05) is 11.1 Å². The number of carbonyl (C=O) groups excluding carboxylic acids is 2. The van der Waals surface area contributed by atoms with E-state index in [0.29, 0.717) is 0 Å². The van der Waals surface area contributed by atoms with Crippen molar-refractivity contribution in [3.8, 4) is 11.5 Å². The number of nitrogens with one attached hydrogen (secondary N) is 2. The first-order valence-corrected chi connectivity index (χ1v) is 8.81. The molecule has 0 radical (unpaired) electrons. The number of urea groups is 1. The molecule has 0 spiro atoms. The van der Waals surface area contributed by atoms with Crippen LogP contribution < -0.4 is 20.1 Å². The highest BCUT2D eigenvalue weighted by atomic mass is 19.4. The standard InChI is InChI=1S/C20H19F3N2O5/c1-29-12-8-9-14(30-2)13(10-12)16-15(17(26)11-6-4-3-5-7-11)19(28,20(21,22)23)25-18(27)24-16/h3-10,15-16,28H,1-2H3,(H2,24,25,27)/t15-,16+,19+/m1/s1. The maximum absolute atomic E-state index is 13.9. The summed E-state index contributed by atoms with van der Waals surface area (Å²) in [6.07, 6.45) is -5.34. The molecule has 1 saturated heterocycles. The number of carbonyl (C=O) groups is 2. The number of alkyl halides is 3. The van der Waals surface area contributed by atoms with Gasteiger partial charge < -0.3 is 25.2 Å². The Hall–Kier alpha value is -3.27. The number of amides is 2. The van der Waals surface area contributed by atoms with Crippen LogP contribution in [0.1, 0.15) is 22.0 Å². The smallest absolute Gasteiger partial charge is 0.437 e. The predicted octanol–water partition coefficient (Wildman–Crippen LogP) is 2.81. The number of ether oxygens (including phenoxy) is 2. The third kappa shape index (κ3) is 3.65. The average molecular weight is 424 g/mol. The maximum atomic E-state index is 13.9. The highest BCUT2D eigenvalue weighted by Gasteiger charge is 2.66. The molecular formula is C20H19F3N2O5. The van der Waals surface area contributed by atoms with Gasteiger partial charge in [-0.25, -0.2) is 4.79 Å². The summed E-state index contributed by atoms with van der Waals surface area (Å²) < 4.78 is 52.2. The molecule has 0 bridgehead atoms. The Balaban J connectivity index is 2.23. The van der Waals surface area contributed by atoms with Crippen LogP contribution in [0.4, 0.5) is 18.0 Å². The summed E-state index contributed by atoms with van der Waals surface area (Å²) in [6, 6.07) is 8.64. The Kier molecular flexibility index (Phi) is 5.62. The average Bonchev–Trinajstić information content (AvgIpc) is 2.72. The molecule has 3 N–H and O–H groups in total. The summed E-state index contributed by atoms with van der Waals surface area (Å²) in [5.41, 5.74) is -3.83. The van der Waals surface area contributed by atoms with Crippen molar-refractivity contribution in [1.29, 1.82) is 0 Å². The Morgan fingerprint density at radius 3 is 2.33 bits per heavy atom. The van der Waals surface area contributed by atoms with E-state index in [1.807, 2.05) is 0 Å². The third-order valence-electron chi connectivity index (χ3n) is 4.92. The van der Waals surface area contributed by atoms with Crippen LogP contribution in [0.25, 0.3) is 0 Å².